The molecule has 1 aliphatic heterocycles. The molecule has 4 rings (SSSR count). The van der Waals surface area contributed by atoms with Crippen LogP contribution in [-0.4, -0.2) is 35.7 Å². The highest BCUT2D eigenvalue weighted by Gasteiger charge is 2.31. The first kappa shape index (κ1) is 22.1. The average molecular weight is 438 g/mol. The number of aromatic carboxylic acids is 1. The SMILES string of the molecule is COC1(CC=COc2ccc3c(-c4ccoc4)c(CO)c(C(=O)O)cc3c2)CCCCO1. The lowest BCUT2D eigenvalue weighted by molar-refractivity contribution is -0.239. The Hall–Kier alpha value is -3.13. The first-order chi connectivity index (χ1) is 15.6. The maximum atomic E-state index is 11.9. The van der Waals surface area contributed by atoms with Crippen molar-refractivity contribution in [2.75, 3.05) is 13.7 Å². The van der Waals surface area contributed by atoms with Crippen molar-refractivity contribution in [1.29, 1.82) is 0 Å². The number of methoxy groups -OCH3 is 1. The number of benzene rings is 2. The molecule has 0 spiro atoms. The van der Waals surface area contributed by atoms with E-state index in [0.717, 1.165) is 24.6 Å². The van der Waals surface area contributed by atoms with Crippen LogP contribution in [0.2, 0.25) is 0 Å². The first-order valence-corrected chi connectivity index (χ1v) is 10.5. The molecule has 1 aliphatic rings. The summed E-state index contributed by atoms with van der Waals surface area (Å²) < 4.78 is 22.4. The standard InChI is InChI=1S/C25H26O7/c1-29-25(8-2-3-11-32-25)9-4-10-31-19-5-6-20-18(13-19)14-21(24(27)28)22(15-26)23(20)17-7-12-30-16-17/h4-7,10,12-14,16,26H,2-3,8-9,11,15H2,1H3,(H,27,28). The van der Waals surface area contributed by atoms with Crippen LogP contribution in [0, 0.1) is 0 Å². The van der Waals surface area contributed by atoms with E-state index in [9.17, 15) is 15.0 Å². The fourth-order valence-corrected chi connectivity index (χ4v) is 4.18. The van der Waals surface area contributed by atoms with Gasteiger partial charge >= 0.3 is 5.97 Å². The van der Waals surface area contributed by atoms with Crippen LogP contribution < -0.4 is 4.74 Å². The number of furan rings is 1. The molecule has 0 bridgehead atoms. The molecule has 2 aromatic carbocycles. The summed E-state index contributed by atoms with van der Waals surface area (Å²) in [5.74, 6) is -1.14. The lowest BCUT2D eigenvalue weighted by Crippen LogP contribution is -2.37. The third-order valence-corrected chi connectivity index (χ3v) is 5.84. The van der Waals surface area contributed by atoms with E-state index in [-0.39, 0.29) is 5.56 Å². The Labute approximate surface area is 185 Å². The van der Waals surface area contributed by atoms with Crippen LogP contribution in [0.5, 0.6) is 5.75 Å². The fraction of sp³-hybridized carbons (Fsp3) is 0.320. The van der Waals surface area contributed by atoms with Gasteiger partial charge in [0.1, 0.15) is 5.75 Å². The van der Waals surface area contributed by atoms with Gasteiger partial charge in [0.25, 0.3) is 0 Å². The lowest BCUT2D eigenvalue weighted by atomic mass is 9.91. The Morgan fingerprint density at radius 1 is 1.25 bits per heavy atom. The van der Waals surface area contributed by atoms with Crippen molar-refractivity contribution in [1.82, 2.24) is 0 Å². The number of aliphatic hydroxyl groups excluding tert-OH is 1. The molecule has 7 heteroatoms. The number of carboxylic acid groups (broad SMARTS) is 1. The quantitative estimate of drug-likeness (QED) is 0.471. The second-order valence-corrected chi connectivity index (χ2v) is 7.75. The van der Waals surface area contributed by atoms with E-state index < -0.39 is 18.4 Å². The van der Waals surface area contributed by atoms with Crippen molar-refractivity contribution < 1.29 is 33.6 Å². The van der Waals surface area contributed by atoms with Gasteiger partial charge in [-0.25, -0.2) is 4.79 Å². The van der Waals surface area contributed by atoms with Crippen LogP contribution in [0.25, 0.3) is 21.9 Å². The first-order valence-electron chi connectivity index (χ1n) is 10.5. The number of ether oxygens (including phenoxy) is 3. The smallest absolute Gasteiger partial charge is 0.336 e. The van der Waals surface area contributed by atoms with Crippen molar-refractivity contribution in [3.63, 3.8) is 0 Å². The molecule has 7 nitrogen and oxygen atoms in total. The molecule has 168 valence electrons. The van der Waals surface area contributed by atoms with E-state index in [1.165, 1.54) is 12.5 Å². The minimum atomic E-state index is -1.11. The second-order valence-electron chi connectivity index (χ2n) is 7.75. The van der Waals surface area contributed by atoms with Crippen molar-refractivity contribution in [2.45, 2.75) is 38.1 Å². The van der Waals surface area contributed by atoms with E-state index in [0.29, 0.717) is 40.9 Å². The highest BCUT2D eigenvalue weighted by Crippen LogP contribution is 2.37. The Morgan fingerprint density at radius 3 is 2.78 bits per heavy atom. The molecule has 3 aromatic rings. The van der Waals surface area contributed by atoms with Gasteiger partial charge in [0, 0.05) is 31.1 Å². The van der Waals surface area contributed by atoms with E-state index >= 15 is 0 Å². The average Bonchev–Trinajstić information content (AvgIpc) is 3.35. The molecule has 1 saturated heterocycles. The number of fused-ring (bicyclic) bond motifs is 1. The van der Waals surface area contributed by atoms with Gasteiger partial charge in [-0.3, -0.25) is 0 Å². The van der Waals surface area contributed by atoms with Crippen LogP contribution in [0.3, 0.4) is 0 Å². The summed E-state index contributed by atoms with van der Waals surface area (Å²) in [7, 11) is 1.65. The second kappa shape index (κ2) is 9.56. The number of rotatable bonds is 8. The van der Waals surface area contributed by atoms with Crippen LogP contribution in [0.4, 0.5) is 0 Å². The van der Waals surface area contributed by atoms with Gasteiger partial charge in [0.2, 0.25) is 0 Å². The molecule has 1 unspecified atom stereocenters. The van der Waals surface area contributed by atoms with Crippen molar-refractivity contribution in [3.05, 3.63) is 66.3 Å². The molecule has 32 heavy (non-hydrogen) atoms. The van der Waals surface area contributed by atoms with Gasteiger partial charge in [-0.1, -0.05) is 6.07 Å². The normalized spacial score (nSPS) is 18.9. The number of aliphatic hydroxyl groups is 1. The predicted molar refractivity (Wildman–Crippen MR) is 118 cm³/mol. The molecule has 1 fully saturated rings. The van der Waals surface area contributed by atoms with Gasteiger partial charge in [0.15, 0.2) is 5.79 Å². The van der Waals surface area contributed by atoms with Crippen LogP contribution in [-0.2, 0) is 16.1 Å². The van der Waals surface area contributed by atoms with E-state index in [1.807, 2.05) is 12.1 Å². The van der Waals surface area contributed by atoms with E-state index in [2.05, 4.69) is 0 Å². The molecular weight excluding hydrogens is 412 g/mol. The maximum Gasteiger partial charge on any atom is 0.336 e. The summed E-state index contributed by atoms with van der Waals surface area (Å²) in [5.41, 5.74) is 1.72. The van der Waals surface area contributed by atoms with Gasteiger partial charge in [-0.2, -0.15) is 0 Å². The van der Waals surface area contributed by atoms with Crippen LogP contribution >= 0.6 is 0 Å². The number of carbonyl (C=O) groups is 1. The summed E-state index contributed by atoms with van der Waals surface area (Å²) in [4.78, 5) is 11.9. The third kappa shape index (κ3) is 4.41. The molecule has 0 aliphatic carbocycles. The van der Waals surface area contributed by atoms with Crippen LogP contribution in [0.15, 0.2) is 59.6 Å². The molecule has 0 radical (unpaired) electrons. The number of hydrogen-bond acceptors (Lipinski definition) is 6. The summed E-state index contributed by atoms with van der Waals surface area (Å²) in [6, 6.07) is 8.73. The zero-order chi connectivity index (χ0) is 22.6. The van der Waals surface area contributed by atoms with Gasteiger partial charge < -0.3 is 28.8 Å². The molecule has 1 aromatic heterocycles. The minimum Gasteiger partial charge on any atom is -0.478 e. The highest BCUT2D eigenvalue weighted by atomic mass is 16.7. The lowest BCUT2D eigenvalue weighted by Gasteiger charge is -2.35. The maximum absolute atomic E-state index is 11.9. The van der Waals surface area contributed by atoms with E-state index in [4.69, 9.17) is 18.6 Å². The van der Waals surface area contributed by atoms with E-state index in [1.54, 1.807) is 37.6 Å². The fourth-order valence-electron chi connectivity index (χ4n) is 4.18. The number of hydrogen-bond donors (Lipinski definition) is 2. The van der Waals surface area contributed by atoms with Crippen molar-refractivity contribution in [2.24, 2.45) is 0 Å². The Morgan fingerprint density at radius 2 is 2.12 bits per heavy atom. The van der Waals surface area contributed by atoms with Gasteiger partial charge in [-0.15, -0.1) is 0 Å². The van der Waals surface area contributed by atoms with Crippen molar-refractivity contribution >= 4 is 16.7 Å². The Kier molecular flexibility index (Phi) is 6.60. The molecule has 2 heterocycles. The Bertz CT molecular complexity index is 1110. The van der Waals surface area contributed by atoms with Crippen molar-refractivity contribution in [3.8, 4) is 16.9 Å². The topological polar surface area (TPSA) is 98.4 Å². The molecule has 2 N–H and O–H groups in total. The summed E-state index contributed by atoms with van der Waals surface area (Å²) in [6.45, 7) is 0.288. The molecule has 0 amide bonds. The largest absolute Gasteiger partial charge is 0.478 e. The number of carboxylic acids is 1. The zero-order valence-electron chi connectivity index (χ0n) is 17.9. The summed E-state index contributed by atoms with van der Waals surface area (Å²) in [5, 5.41) is 21.1. The van der Waals surface area contributed by atoms with Gasteiger partial charge in [0.05, 0.1) is 37.6 Å². The molecule has 1 atom stereocenters. The summed E-state index contributed by atoms with van der Waals surface area (Å²) in [6.07, 6.45) is 10.0. The van der Waals surface area contributed by atoms with Crippen LogP contribution in [0.1, 0.15) is 41.6 Å². The summed E-state index contributed by atoms with van der Waals surface area (Å²) >= 11 is 0. The Balaban J connectivity index is 1.63. The monoisotopic (exact) mass is 438 g/mol. The zero-order valence-corrected chi connectivity index (χ0v) is 17.9. The third-order valence-electron chi connectivity index (χ3n) is 5.84. The van der Waals surface area contributed by atoms with Gasteiger partial charge in [-0.05, 0) is 59.5 Å². The minimum absolute atomic E-state index is 0.0420. The molecular formula is C25H26O7. The predicted octanol–water partition coefficient (Wildman–Crippen LogP) is 5.12. The molecule has 0 saturated carbocycles. The highest BCUT2D eigenvalue weighted by molar-refractivity contribution is 6.05.